The molecule has 1 unspecified atom stereocenters. The van der Waals surface area contributed by atoms with Crippen LogP contribution in [0.2, 0.25) is 0 Å². The molecule has 1 saturated heterocycles. The number of nitrogens with one attached hydrogen (secondary N) is 1. The minimum Gasteiger partial charge on any atom is -0.366 e. The summed E-state index contributed by atoms with van der Waals surface area (Å²) in [5.41, 5.74) is 1.13. The number of rotatable bonds is 6. The highest BCUT2D eigenvalue weighted by atomic mass is 15.2. The monoisotopic (exact) mass is 262 g/mol. The Hall–Kier alpha value is -1.16. The lowest BCUT2D eigenvalue weighted by atomic mass is 10.1. The largest absolute Gasteiger partial charge is 0.366 e. The van der Waals surface area contributed by atoms with Crippen LogP contribution in [0.15, 0.2) is 12.4 Å². The van der Waals surface area contributed by atoms with Crippen LogP contribution in [0.25, 0.3) is 0 Å². The molecule has 0 bridgehead atoms. The minimum atomic E-state index is 0.433. The first-order chi connectivity index (χ1) is 9.28. The topological polar surface area (TPSA) is 41.0 Å². The van der Waals surface area contributed by atoms with Gasteiger partial charge in [-0.1, -0.05) is 19.8 Å². The summed E-state index contributed by atoms with van der Waals surface area (Å²) >= 11 is 0. The Morgan fingerprint density at radius 2 is 2.05 bits per heavy atom. The van der Waals surface area contributed by atoms with E-state index >= 15 is 0 Å². The van der Waals surface area contributed by atoms with Crippen molar-refractivity contribution in [1.82, 2.24) is 14.9 Å². The summed E-state index contributed by atoms with van der Waals surface area (Å²) in [6.45, 7) is 8.01. The first kappa shape index (κ1) is 14.3. The number of hydrogen-bond acceptors (Lipinski definition) is 4. The molecule has 0 radical (unpaired) electrons. The van der Waals surface area contributed by atoms with E-state index in [-0.39, 0.29) is 0 Å². The third-order valence-electron chi connectivity index (χ3n) is 3.60. The van der Waals surface area contributed by atoms with Gasteiger partial charge in [0, 0.05) is 24.3 Å². The molecule has 0 saturated carbocycles. The molecule has 1 aliphatic heterocycles. The van der Waals surface area contributed by atoms with Crippen LogP contribution in [-0.2, 0) is 6.42 Å². The molecule has 1 aromatic rings. The first-order valence-corrected chi connectivity index (χ1v) is 7.57. The zero-order valence-corrected chi connectivity index (χ0v) is 12.2. The van der Waals surface area contributed by atoms with Gasteiger partial charge in [-0.3, -0.25) is 0 Å². The molecule has 0 aliphatic carbocycles. The van der Waals surface area contributed by atoms with Crippen molar-refractivity contribution < 1.29 is 0 Å². The molecule has 4 nitrogen and oxygen atoms in total. The second-order valence-electron chi connectivity index (χ2n) is 5.55. The predicted octanol–water partition coefficient (Wildman–Crippen LogP) is 2.72. The molecule has 1 atom stereocenters. The molecule has 1 fully saturated rings. The molecule has 1 aromatic heterocycles. The standard InChI is InChI=1S/C15H26N4/c1-3-7-14-10-15(17-12-16-14)18-13(2)11-19-8-5-4-6-9-19/h10,12-13H,3-9,11H2,1-2H3,(H,16,17,18). The van der Waals surface area contributed by atoms with Gasteiger partial charge in [0.2, 0.25) is 0 Å². The average molecular weight is 262 g/mol. The van der Waals surface area contributed by atoms with Crippen LogP contribution in [0.3, 0.4) is 0 Å². The van der Waals surface area contributed by atoms with E-state index in [0.29, 0.717) is 6.04 Å². The molecular weight excluding hydrogens is 236 g/mol. The van der Waals surface area contributed by atoms with Gasteiger partial charge in [0.05, 0.1) is 0 Å². The van der Waals surface area contributed by atoms with Crippen molar-refractivity contribution in [3.63, 3.8) is 0 Å². The third kappa shape index (κ3) is 4.78. The highest BCUT2D eigenvalue weighted by Gasteiger charge is 2.13. The highest BCUT2D eigenvalue weighted by molar-refractivity contribution is 5.35. The number of anilines is 1. The predicted molar refractivity (Wildman–Crippen MR) is 79.4 cm³/mol. The Balaban J connectivity index is 1.83. The van der Waals surface area contributed by atoms with E-state index in [0.717, 1.165) is 30.9 Å². The van der Waals surface area contributed by atoms with Crippen molar-refractivity contribution in [3.05, 3.63) is 18.1 Å². The zero-order valence-electron chi connectivity index (χ0n) is 12.2. The van der Waals surface area contributed by atoms with Crippen molar-refractivity contribution in [3.8, 4) is 0 Å². The Bertz CT molecular complexity index is 374. The molecule has 0 spiro atoms. The number of aromatic nitrogens is 2. The lowest BCUT2D eigenvalue weighted by Crippen LogP contribution is -2.38. The van der Waals surface area contributed by atoms with Gasteiger partial charge >= 0.3 is 0 Å². The zero-order chi connectivity index (χ0) is 13.5. The van der Waals surface area contributed by atoms with Gasteiger partial charge in [0.25, 0.3) is 0 Å². The van der Waals surface area contributed by atoms with Crippen LogP contribution < -0.4 is 5.32 Å². The Labute approximate surface area is 116 Å². The molecule has 2 heterocycles. The number of hydrogen-bond donors (Lipinski definition) is 1. The fraction of sp³-hybridized carbons (Fsp3) is 0.733. The van der Waals surface area contributed by atoms with E-state index in [4.69, 9.17) is 0 Å². The van der Waals surface area contributed by atoms with Crippen molar-refractivity contribution in [2.24, 2.45) is 0 Å². The number of nitrogens with zero attached hydrogens (tertiary/aromatic N) is 3. The molecule has 4 heteroatoms. The van der Waals surface area contributed by atoms with Crippen molar-refractivity contribution in [2.45, 2.75) is 52.0 Å². The SMILES string of the molecule is CCCc1cc(NC(C)CN2CCCCC2)ncn1. The maximum absolute atomic E-state index is 4.31. The summed E-state index contributed by atoms with van der Waals surface area (Å²) in [5, 5.41) is 3.50. The highest BCUT2D eigenvalue weighted by Crippen LogP contribution is 2.11. The molecule has 1 aliphatic rings. The van der Waals surface area contributed by atoms with Crippen LogP contribution in [0.4, 0.5) is 5.82 Å². The molecule has 2 rings (SSSR count). The summed E-state index contributed by atoms with van der Waals surface area (Å²) in [6, 6.07) is 2.51. The van der Waals surface area contributed by atoms with Gasteiger partial charge in [-0.2, -0.15) is 0 Å². The average Bonchev–Trinajstić information content (AvgIpc) is 2.40. The van der Waals surface area contributed by atoms with Crippen LogP contribution in [0.1, 0.15) is 45.2 Å². The van der Waals surface area contributed by atoms with Crippen molar-refractivity contribution in [2.75, 3.05) is 25.0 Å². The Morgan fingerprint density at radius 1 is 1.26 bits per heavy atom. The molecule has 0 aromatic carbocycles. The van der Waals surface area contributed by atoms with Gasteiger partial charge in [-0.15, -0.1) is 0 Å². The van der Waals surface area contributed by atoms with Gasteiger partial charge in [0.15, 0.2) is 0 Å². The molecular formula is C15H26N4. The van der Waals surface area contributed by atoms with E-state index in [9.17, 15) is 0 Å². The smallest absolute Gasteiger partial charge is 0.129 e. The Morgan fingerprint density at radius 3 is 2.79 bits per heavy atom. The van der Waals surface area contributed by atoms with Crippen LogP contribution >= 0.6 is 0 Å². The fourth-order valence-electron chi connectivity index (χ4n) is 2.70. The van der Waals surface area contributed by atoms with E-state index < -0.39 is 0 Å². The summed E-state index contributed by atoms with van der Waals surface area (Å²) in [4.78, 5) is 11.2. The van der Waals surface area contributed by atoms with E-state index in [2.05, 4.69) is 40.1 Å². The van der Waals surface area contributed by atoms with Crippen LogP contribution in [-0.4, -0.2) is 40.5 Å². The van der Waals surface area contributed by atoms with Gasteiger partial charge in [0.1, 0.15) is 12.1 Å². The van der Waals surface area contributed by atoms with Gasteiger partial charge in [-0.25, -0.2) is 9.97 Å². The molecule has 19 heavy (non-hydrogen) atoms. The summed E-state index contributed by atoms with van der Waals surface area (Å²) in [7, 11) is 0. The van der Waals surface area contributed by atoms with Gasteiger partial charge in [-0.05, 0) is 39.3 Å². The third-order valence-corrected chi connectivity index (χ3v) is 3.60. The van der Waals surface area contributed by atoms with E-state index in [1.54, 1.807) is 6.33 Å². The fourth-order valence-corrected chi connectivity index (χ4v) is 2.70. The number of aryl methyl sites for hydroxylation is 1. The quantitative estimate of drug-likeness (QED) is 0.856. The lowest BCUT2D eigenvalue weighted by molar-refractivity contribution is 0.223. The normalized spacial score (nSPS) is 18.2. The number of piperidine rings is 1. The van der Waals surface area contributed by atoms with Crippen molar-refractivity contribution >= 4 is 5.82 Å². The number of likely N-dealkylation sites (tertiary alicyclic amines) is 1. The lowest BCUT2D eigenvalue weighted by Gasteiger charge is -2.29. The minimum absolute atomic E-state index is 0.433. The molecule has 0 amide bonds. The summed E-state index contributed by atoms with van der Waals surface area (Å²) < 4.78 is 0. The van der Waals surface area contributed by atoms with Crippen molar-refractivity contribution in [1.29, 1.82) is 0 Å². The second kappa shape index (κ2) is 7.43. The van der Waals surface area contributed by atoms with Gasteiger partial charge < -0.3 is 10.2 Å². The molecule has 106 valence electrons. The molecule has 1 N–H and O–H groups in total. The van der Waals surface area contributed by atoms with E-state index in [1.807, 2.05) is 0 Å². The maximum atomic E-state index is 4.31. The van der Waals surface area contributed by atoms with Crippen LogP contribution in [0, 0.1) is 0 Å². The maximum Gasteiger partial charge on any atom is 0.129 e. The second-order valence-corrected chi connectivity index (χ2v) is 5.55. The summed E-state index contributed by atoms with van der Waals surface area (Å²) in [5.74, 6) is 0.961. The van der Waals surface area contributed by atoms with Crippen LogP contribution in [0.5, 0.6) is 0 Å². The first-order valence-electron chi connectivity index (χ1n) is 7.57. The Kier molecular flexibility index (Phi) is 5.58. The summed E-state index contributed by atoms with van der Waals surface area (Å²) in [6.07, 6.45) is 7.91. The van der Waals surface area contributed by atoms with E-state index in [1.165, 1.54) is 32.4 Å².